The summed E-state index contributed by atoms with van der Waals surface area (Å²) in [6, 6.07) is 7.89. The minimum atomic E-state index is -0.362. The van der Waals surface area contributed by atoms with Crippen molar-refractivity contribution in [2.24, 2.45) is 5.73 Å². The molecule has 110 valence electrons. The Hall–Kier alpha value is -1.55. The quantitative estimate of drug-likeness (QED) is 0.831. The molecule has 0 aliphatic heterocycles. The van der Waals surface area contributed by atoms with Crippen LogP contribution in [0, 0.1) is 0 Å². The largest absolute Gasteiger partial charge is 0.497 e. The van der Waals surface area contributed by atoms with Gasteiger partial charge in [-0.15, -0.1) is 0 Å². The van der Waals surface area contributed by atoms with Crippen molar-refractivity contribution >= 4 is 5.91 Å². The maximum atomic E-state index is 12.4. The van der Waals surface area contributed by atoms with E-state index >= 15 is 0 Å². The maximum absolute atomic E-state index is 12.4. The van der Waals surface area contributed by atoms with Crippen molar-refractivity contribution in [1.29, 1.82) is 0 Å². The maximum Gasteiger partial charge on any atom is 0.240 e. The van der Waals surface area contributed by atoms with E-state index in [9.17, 15) is 4.79 Å². The van der Waals surface area contributed by atoms with Crippen LogP contribution in [0.2, 0.25) is 0 Å². The van der Waals surface area contributed by atoms with Crippen LogP contribution >= 0.6 is 0 Å². The van der Waals surface area contributed by atoms with Crippen LogP contribution in [0.4, 0.5) is 0 Å². The highest BCUT2D eigenvalue weighted by Gasteiger charge is 2.34. The number of methoxy groups -OCH3 is 1. The van der Waals surface area contributed by atoms with Crippen molar-refractivity contribution < 1.29 is 9.53 Å². The summed E-state index contributed by atoms with van der Waals surface area (Å²) in [7, 11) is 1.65. The van der Waals surface area contributed by atoms with Gasteiger partial charge in [0.2, 0.25) is 5.91 Å². The van der Waals surface area contributed by atoms with Crippen LogP contribution in [0.25, 0.3) is 0 Å². The molecule has 1 fully saturated rings. The summed E-state index contributed by atoms with van der Waals surface area (Å²) in [5.74, 6) is 0.922. The third kappa shape index (κ3) is 3.73. The SMILES string of the molecule is CCC[C@H](N)C(=O)N(Cc1ccc(OC)cc1)C1CC1. The van der Waals surface area contributed by atoms with Crippen molar-refractivity contribution in [3.8, 4) is 5.75 Å². The van der Waals surface area contributed by atoms with Gasteiger partial charge >= 0.3 is 0 Å². The van der Waals surface area contributed by atoms with E-state index in [1.54, 1.807) is 7.11 Å². The number of ether oxygens (including phenoxy) is 1. The lowest BCUT2D eigenvalue weighted by Crippen LogP contribution is -2.44. The molecule has 1 aromatic carbocycles. The number of hydrogen-bond acceptors (Lipinski definition) is 3. The van der Waals surface area contributed by atoms with Gasteiger partial charge in [-0.3, -0.25) is 4.79 Å². The zero-order valence-electron chi connectivity index (χ0n) is 12.3. The lowest BCUT2D eigenvalue weighted by Gasteiger charge is -2.25. The van der Waals surface area contributed by atoms with Crippen LogP contribution in [0.5, 0.6) is 5.75 Å². The topological polar surface area (TPSA) is 55.6 Å². The summed E-state index contributed by atoms with van der Waals surface area (Å²) in [6.07, 6.45) is 3.89. The molecular weight excluding hydrogens is 252 g/mol. The molecule has 4 nitrogen and oxygen atoms in total. The Kier molecular flexibility index (Phi) is 5.01. The molecule has 1 aromatic rings. The first-order chi connectivity index (χ1) is 9.65. The third-order valence-electron chi connectivity index (χ3n) is 3.70. The number of hydrogen-bond donors (Lipinski definition) is 1. The summed E-state index contributed by atoms with van der Waals surface area (Å²) >= 11 is 0. The molecule has 0 spiro atoms. The Morgan fingerprint density at radius 3 is 2.55 bits per heavy atom. The van der Waals surface area contributed by atoms with Gasteiger partial charge in [0.1, 0.15) is 5.75 Å². The highest BCUT2D eigenvalue weighted by molar-refractivity contribution is 5.82. The van der Waals surface area contributed by atoms with Crippen molar-refractivity contribution in [3.05, 3.63) is 29.8 Å². The molecule has 0 heterocycles. The molecule has 0 saturated heterocycles. The fourth-order valence-corrected chi connectivity index (χ4v) is 2.35. The second-order valence-corrected chi connectivity index (χ2v) is 5.44. The molecule has 2 N–H and O–H groups in total. The van der Waals surface area contributed by atoms with Gasteiger partial charge in [0, 0.05) is 12.6 Å². The molecule has 20 heavy (non-hydrogen) atoms. The van der Waals surface area contributed by atoms with Gasteiger partial charge in [-0.05, 0) is 37.0 Å². The van der Waals surface area contributed by atoms with Crippen molar-refractivity contribution in [1.82, 2.24) is 4.90 Å². The average Bonchev–Trinajstić information content (AvgIpc) is 3.29. The summed E-state index contributed by atoms with van der Waals surface area (Å²) in [5, 5.41) is 0. The van der Waals surface area contributed by atoms with Crippen molar-refractivity contribution in [2.75, 3.05) is 7.11 Å². The van der Waals surface area contributed by atoms with Crippen LogP contribution in [0.15, 0.2) is 24.3 Å². The van der Waals surface area contributed by atoms with Gasteiger partial charge in [-0.1, -0.05) is 25.5 Å². The van der Waals surface area contributed by atoms with Crippen molar-refractivity contribution in [3.63, 3.8) is 0 Å². The van der Waals surface area contributed by atoms with Gasteiger partial charge in [0.05, 0.1) is 13.2 Å². The van der Waals surface area contributed by atoms with Gasteiger partial charge < -0.3 is 15.4 Å². The molecule has 4 heteroatoms. The Morgan fingerprint density at radius 2 is 2.05 bits per heavy atom. The molecule has 0 radical (unpaired) electrons. The van der Waals surface area contributed by atoms with Crippen LogP contribution in [-0.4, -0.2) is 30.0 Å². The first kappa shape index (κ1) is 14.9. The van der Waals surface area contributed by atoms with Gasteiger partial charge in [-0.25, -0.2) is 0 Å². The lowest BCUT2D eigenvalue weighted by molar-refractivity contribution is -0.134. The Bertz CT molecular complexity index is 440. The van der Waals surface area contributed by atoms with E-state index in [1.807, 2.05) is 29.2 Å². The second-order valence-electron chi connectivity index (χ2n) is 5.44. The first-order valence-electron chi connectivity index (χ1n) is 7.34. The molecule has 2 rings (SSSR count). The number of carbonyl (C=O) groups is 1. The highest BCUT2D eigenvalue weighted by atomic mass is 16.5. The lowest BCUT2D eigenvalue weighted by atomic mass is 10.1. The minimum Gasteiger partial charge on any atom is -0.497 e. The van der Waals surface area contributed by atoms with E-state index in [4.69, 9.17) is 10.5 Å². The number of amides is 1. The second kappa shape index (κ2) is 6.75. The number of rotatable bonds is 7. The monoisotopic (exact) mass is 276 g/mol. The van der Waals surface area contributed by atoms with E-state index in [-0.39, 0.29) is 11.9 Å². The summed E-state index contributed by atoms with van der Waals surface area (Å²) in [4.78, 5) is 14.4. The average molecular weight is 276 g/mol. The van der Waals surface area contributed by atoms with Gasteiger partial charge in [0.15, 0.2) is 0 Å². The normalized spacial score (nSPS) is 15.8. The smallest absolute Gasteiger partial charge is 0.240 e. The Morgan fingerprint density at radius 1 is 1.40 bits per heavy atom. The number of nitrogens with zero attached hydrogens (tertiary/aromatic N) is 1. The molecular formula is C16H24N2O2. The molecule has 1 saturated carbocycles. The van der Waals surface area contributed by atoms with Crippen molar-refractivity contribution in [2.45, 2.75) is 51.2 Å². The van der Waals surface area contributed by atoms with Gasteiger partial charge in [0.25, 0.3) is 0 Å². The van der Waals surface area contributed by atoms with E-state index in [0.717, 1.165) is 37.0 Å². The fraction of sp³-hybridized carbons (Fsp3) is 0.562. The van der Waals surface area contributed by atoms with Crippen LogP contribution in [0.1, 0.15) is 38.2 Å². The Balaban J connectivity index is 2.03. The van der Waals surface area contributed by atoms with E-state index in [0.29, 0.717) is 12.6 Å². The standard InChI is InChI=1S/C16H24N2O2/c1-3-4-15(17)16(19)18(13-7-8-13)11-12-5-9-14(20-2)10-6-12/h5-6,9-10,13,15H,3-4,7-8,11,17H2,1-2H3/t15-/m0/s1. The zero-order chi connectivity index (χ0) is 14.5. The summed E-state index contributed by atoms with van der Waals surface area (Å²) < 4.78 is 5.15. The fourth-order valence-electron chi connectivity index (χ4n) is 2.35. The predicted octanol–water partition coefficient (Wildman–Crippen LogP) is 2.31. The molecule has 1 amide bonds. The van der Waals surface area contributed by atoms with E-state index in [2.05, 4.69) is 6.92 Å². The molecule has 0 unspecified atom stereocenters. The predicted molar refractivity (Wildman–Crippen MR) is 79.4 cm³/mol. The minimum absolute atomic E-state index is 0.0881. The molecule has 1 atom stereocenters. The zero-order valence-corrected chi connectivity index (χ0v) is 12.3. The molecule has 0 aromatic heterocycles. The Labute approximate surface area is 120 Å². The van der Waals surface area contributed by atoms with Crippen LogP contribution in [0.3, 0.4) is 0 Å². The van der Waals surface area contributed by atoms with E-state index in [1.165, 1.54) is 0 Å². The molecule has 1 aliphatic carbocycles. The van der Waals surface area contributed by atoms with Crippen LogP contribution in [-0.2, 0) is 11.3 Å². The number of benzene rings is 1. The summed E-state index contributed by atoms with van der Waals surface area (Å²) in [5.41, 5.74) is 7.10. The first-order valence-corrected chi connectivity index (χ1v) is 7.34. The van der Waals surface area contributed by atoms with Gasteiger partial charge in [-0.2, -0.15) is 0 Å². The molecule has 1 aliphatic rings. The number of nitrogens with two attached hydrogens (primary N) is 1. The third-order valence-corrected chi connectivity index (χ3v) is 3.70. The van der Waals surface area contributed by atoms with E-state index < -0.39 is 0 Å². The van der Waals surface area contributed by atoms with Crippen LogP contribution < -0.4 is 10.5 Å². The highest BCUT2D eigenvalue weighted by Crippen LogP contribution is 2.29. The molecule has 0 bridgehead atoms. The number of carbonyl (C=O) groups excluding carboxylic acids is 1. The summed E-state index contributed by atoms with van der Waals surface area (Å²) in [6.45, 7) is 2.70.